The molecule has 1 aliphatic carbocycles. The van der Waals surface area contributed by atoms with Gasteiger partial charge in [0.05, 0.1) is 11.7 Å². The summed E-state index contributed by atoms with van der Waals surface area (Å²) >= 11 is 0. The van der Waals surface area contributed by atoms with Gasteiger partial charge in [-0.2, -0.15) is 0 Å². The van der Waals surface area contributed by atoms with E-state index in [-0.39, 0.29) is 0 Å². The standard InChI is InChI=1S/C19H18N6/c1-10-7-13-12(5-6-22-18(13)23-10)19-24-15-9-21-8-14(11-3-2-4-11)16(15)17(20)25-19/h5-9,11H,2-4H2,1H3,(H,22,23)(H2,20,24,25). The molecule has 0 aliphatic heterocycles. The molecule has 25 heavy (non-hydrogen) atoms. The molecule has 0 spiro atoms. The molecule has 4 heterocycles. The number of nitrogens with two attached hydrogens (primary N) is 1. The van der Waals surface area contributed by atoms with Crippen LogP contribution in [0.15, 0.2) is 30.7 Å². The minimum atomic E-state index is 0.529. The van der Waals surface area contributed by atoms with Crippen LogP contribution in [0.2, 0.25) is 0 Å². The maximum Gasteiger partial charge on any atom is 0.163 e. The fourth-order valence-corrected chi connectivity index (χ4v) is 3.64. The van der Waals surface area contributed by atoms with Gasteiger partial charge < -0.3 is 10.7 Å². The van der Waals surface area contributed by atoms with Gasteiger partial charge in [-0.15, -0.1) is 0 Å². The van der Waals surface area contributed by atoms with Crippen LogP contribution in [0.25, 0.3) is 33.3 Å². The van der Waals surface area contributed by atoms with Gasteiger partial charge in [-0.25, -0.2) is 15.0 Å². The third kappa shape index (κ3) is 2.17. The van der Waals surface area contributed by atoms with Crippen LogP contribution in [0.3, 0.4) is 0 Å². The highest BCUT2D eigenvalue weighted by Gasteiger charge is 2.24. The van der Waals surface area contributed by atoms with Crippen LogP contribution in [0.1, 0.15) is 36.4 Å². The number of fused-ring (bicyclic) bond motifs is 2. The maximum atomic E-state index is 6.36. The molecule has 0 atom stereocenters. The second-order valence-corrected chi connectivity index (χ2v) is 6.76. The Hall–Kier alpha value is -3.02. The Morgan fingerprint density at radius 3 is 2.88 bits per heavy atom. The van der Waals surface area contributed by atoms with Crippen molar-refractivity contribution >= 4 is 27.8 Å². The second kappa shape index (κ2) is 5.24. The van der Waals surface area contributed by atoms with Gasteiger partial charge in [0.1, 0.15) is 11.5 Å². The summed E-state index contributed by atoms with van der Waals surface area (Å²) in [6, 6.07) is 3.99. The number of H-pyrrole nitrogens is 1. The summed E-state index contributed by atoms with van der Waals surface area (Å²) < 4.78 is 0. The maximum absolute atomic E-state index is 6.36. The summed E-state index contributed by atoms with van der Waals surface area (Å²) in [4.78, 5) is 21.4. The normalized spacial score (nSPS) is 14.9. The minimum Gasteiger partial charge on any atom is -0.383 e. The summed E-state index contributed by atoms with van der Waals surface area (Å²) in [6.45, 7) is 2.01. The molecule has 0 radical (unpaired) electrons. The zero-order chi connectivity index (χ0) is 17.0. The number of nitrogens with zero attached hydrogens (tertiary/aromatic N) is 4. The molecule has 0 amide bonds. The zero-order valence-corrected chi connectivity index (χ0v) is 14.0. The quantitative estimate of drug-likeness (QED) is 0.584. The number of rotatable bonds is 2. The number of nitrogen functional groups attached to an aromatic ring is 1. The van der Waals surface area contributed by atoms with Crippen LogP contribution in [0.4, 0.5) is 5.82 Å². The van der Waals surface area contributed by atoms with Crippen LogP contribution in [-0.2, 0) is 0 Å². The van der Waals surface area contributed by atoms with Crippen LogP contribution in [-0.4, -0.2) is 24.9 Å². The van der Waals surface area contributed by atoms with E-state index in [0.717, 1.165) is 33.2 Å². The lowest BCUT2D eigenvalue weighted by atomic mass is 9.79. The van der Waals surface area contributed by atoms with E-state index < -0.39 is 0 Å². The topological polar surface area (TPSA) is 93.4 Å². The van der Waals surface area contributed by atoms with Gasteiger partial charge in [0, 0.05) is 34.4 Å². The molecule has 124 valence electrons. The highest BCUT2D eigenvalue weighted by Crippen LogP contribution is 2.40. The predicted molar refractivity (Wildman–Crippen MR) is 98.2 cm³/mol. The molecule has 1 aliphatic rings. The smallest absolute Gasteiger partial charge is 0.163 e. The Balaban J connectivity index is 1.75. The molecule has 4 aromatic rings. The van der Waals surface area contributed by atoms with Gasteiger partial charge in [0.25, 0.3) is 0 Å². The first kappa shape index (κ1) is 14.3. The van der Waals surface area contributed by atoms with Crippen molar-refractivity contribution in [3.8, 4) is 11.4 Å². The molecule has 0 aromatic carbocycles. The molecular formula is C19H18N6. The lowest BCUT2D eigenvalue weighted by Crippen LogP contribution is -2.11. The van der Waals surface area contributed by atoms with Crippen molar-refractivity contribution in [2.75, 3.05) is 5.73 Å². The first-order valence-corrected chi connectivity index (χ1v) is 8.56. The van der Waals surface area contributed by atoms with Crippen molar-refractivity contribution in [2.24, 2.45) is 0 Å². The van der Waals surface area contributed by atoms with Crippen molar-refractivity contribution in [2.45, 2.75) is 32.1 Å². The predicted octanol–water partition coefficient (Wildman–Crippen LogP) is 3.73. The van der Waals surface area contributed by atoms with E-state index in [9.17, 15) is 0 Å². The van der Waals surface area contributed by atoms with Crippen molar-refractivity contribution in [3.05, 3.63) is 42.0 Å². The average Bonchev–Trinajstić information content (AvgIpc) is 2.93. The van der Waals surface area contributed by atoms with E-state index in [0.29, 0.717) is 17.6 Å². The Labute approximate surface area is 144 Å². The van der Waals surface area contributed by atoms with Crippen molar-refractivity contribution in [1.82, 2.24) is 24.9 Å². The molecule has 1 fully saturated rings. The number of hydrogen-bond acceptors (Lipinski definition) is 5. The third-order valence-electron chi connectivity index (χ3n) is 5.12. The number of aromatic nitrogens is 5. The van der Waals surface area contributed by atoms with Gasteiger partial charge in [-0.05, 0) is 43.4 Å². The SMILES string of the molecule is Cc1cc2c(-c3nc(N)c4c(C5CCC5)cncc4n3)ccnc2[nH]1. The average molecular weight is 330 g/mol. The van der Waals surface area contributed by atoms with Gasteiger partial charge in [0.2, 0.25) is 0 Å². The lowest BCUT2D eigenvalue weighted by Gasteiger charge is -2.26. The zero-order valence-electron chi connectivity index (χ0n) is 14.0. The molecule has 3 N–H and O–H groups in total. The van der Waals surface area contributed by atoms with Gasteiger partial charge in [0.15, 0.2) is 5.82 Å². The van der Waals surface area contributed by atoms with Crippen LogP contribution >= 0.6 is 0 Å². The molecule has 0 bridgehead atoms. The van der Waals surface area contributed by atoms with Gasteiger partial charge >= 0.3 is 0 Å². The third-order valence-corrected chi connectivity index (χ3v) is 5.12. The first-order valence-electron chi connectivity index (χ1n) is 8.56. The van der Waals surface area contributed by atoms with E-state index in [1.165, 1.54) is 24.8 Å². The second-order valence-electron chi connectivity index (χ2n) is 6.76. The molecule has 0 unspecified atom stereocenters. The number of pyridine rings is 2. The van der Waals surface area contributed by atoms with Crippen molar-refractivity contribution < 1.29 is 0 Å². The summed E-state index contributed by atoms with van der Waals surface area (Å²) in [7, 11) is 0. The number of aromatic amines is 1. The molecule has 0 saturated heterocycles. The fourth-order valence-electron chi connectivity index (χ4n) is 3.64. The fraction of sp³-hybridized carbons (Fsp3) is 0.263. The molecule has 5 rings (SSSR count). The lowest BCUT2D eigenvalue weighted by molar-refractivity contribution is 0.421. The Kier molecular flexibility index (Phi) is 3.00. The van der Waals surface area contributed by atoms with Crippen molar-refractivity contribution in [1.29, 1.82) is 0 Å². The highest BCUT2D eigenvalue weighted by atomic mass is 15.0. The van der Waals surface area contributed by atoms with Crippen LogP contribution in [0, 0.1) is 6.92 Å². The van der Waals surface area contributed by atoms with Crippen LogP contribution < -0.4 is 5.73 Å². The van der Waals surface area contributed by atoms with E-state index in [4.69, 9.17) is 10.7 Å². The Bertz CT molecular complexity index is 1110. The van der Waals surface area contributed by atoms with Gasteiger partial charge in [-0.1, -0.05) is 6.42 Å². The molecule has 6 nitrogen and oxygen atoms in total. The Morgan fingerprint density at radius 2 is 2.08 bits per heavy atom. The van der Waals surface area contributed by atoms with E-state index >= 15 is 0 Å². The minimum absolute atomic E-state index is 0.529. The molecule has 6 heteroatoms. The number of anilines is 1. The largest absolute Gasteiger partial charge is 0.383 e. The summed E-state index contributed by atoms with van der Waals surface area (Å²) in [5, 5.41) is 1.96. The van der Waals surface area contributed by atoms with Crippen molar-refractivity contribution in [3.63, 3.8) is 0 Å². The van der Waals surface area contributed by atoms with E-state index in [2.05, 4.69) is 26.0 Å². The summed E-state index contributed by atoms with van der Waals surface area (Å²) in [5.74, 6) is 1.68. The highest BCUT2D eigenvalue weighted by molar-refractivity contribution is 5.96. The number of hydrogen-bond donors (Lipinski definition) is 2. The molecular weight excluding hydrogens is 312 g/mol. The van der Waals surface area contributed by atoms with Gasteiger partial charge in [-0.3, -0.25) is 4.98 Å². The summed E-state index contributed by atoms with van der Waals surface area (Å²) in [6.07, 6.45) is 9.11. The van der Waals surface area contributed by atoms with Crippen LogP contribution in [0.5, 0.6) is 0 Å². The monoisotopic (exact) mass is 330 g/mol. The molecule has 1 saturated carbocycles. The summed E-state index contributed by atoms with van der Waals surface area (Å²) in [5.41, 5.74) is 11.2. The number of nitrogens with one attached hydrogen (secondary N) is 1. The number of aryl methyl sites for hydroxylation is 1. The first-order chi connectivity index (χ1) is 12.2. The van der Waals surface area contributed by atoms with E-state index in [1.807, 2.05) is 19.2 Å². The Morgan fingerprint density at radius 1 is 1.20 bits per heavy atom. The molecule has 4 aromatic heterocycles. The van der Waals surface area contributed by atoms with E-state index in [1.54, 1.807) is 12.4 Å².